The van der Waals surface area contributed by atoms with E-state index >= 15 is 0 Å². The molecule has 34 heavy (non-hydrogen) atoms. The molecule has 2 aromatic rings. The molecule has 0 aliphatic carbocycles. The molecule has 2 aromatic carbocycles. The number of aryl methyl sites for hydroxylation is 1. The zero-order valence-corrected chi connectivity index (χ0v) is 19.2. The van der Waals surface area contributed by atoms with Gasteiger partial charge in [-0.25, -0.2) is 0 Å². The molecule has 1 N–H and O–H groups in total. The van der Waals surface area contributed by atoms with Gasteiger partial charge in [-0.2, -0.15) is 18.4 Å². The van der Waals surface area contributed by atoms with E-state index in [1.54, 1.807) is 12.1 Å². The number of halogens is 3. The smallest absolute Gasteiger partial charge is 0.348 e. The molecule has 0 aromatic heterocycles. The first-order chi connectivity index (χ1) is 16.2. The molecule has 1 aliphatic rings. The molecule has 0 saturated carbocycles. The number of nitriles is 1. The van der Waals surface area contributed by atoms with E-state index in [1.807, 2.05) is 25.1 Å². The third-order valence-corrected chi connectivity index (χ3v) is 6.45. The van der Waals surface area contributed by atoms with Crippen LogP contribution >= 0.6 is 11.8 Å². The summed E-state index contributed by atoms with van der Waals surface area (Å²) in [6.07, 6.45) is -2.24. The topological polar surface area (TPSA) is 73.2 Å². The molecular weight excluding hydrogens is 463 g/mol. The Morgan fingerprint density at radius 1 is 1.24 bits per heavy atom. The van der Waals surface area contributed by atoms with Crippen LogP contribution in [-0.4, -0.2) is 23.6 Å². The van der Waals surface area contributed by atoms with Crippen LogP contribution in [0.5, 0.6) is 0 Å². The van der Waals surface area contributed by atoms with E-state index in [0.717, 1.165) is 35.9 Å². The summed E-state index contributed by atoms with van der Waals surface area (Å²) in [4.78, 5) is 27.3. The number of hydrogen-bond acceptors (Lipinski definition) is 4. The first kappa shape index (κ1) is 25.1. The maximum atomic E-state index is 13.4. The molecule has 176 valence electrons. The van der Waals surface area contributed by atoms with Crippen molar-refractivity contribution in [3.63, 3.8) is 0 Å². The Labute approximate surface area is 199 Å². The minimum Gasteiger partial charge on any atom is -0.348 e. The SMILES string of the molecule is C=CCNC(=O)/C(C#N)=C1\SC(Cc2cccc(C(F)(F)F)c2)C(=O)N1c1ccc(CC)cc1. The summed E-state index contributed by atoms with van der Waals surface area (Å²) in [6, 6.07) is 13.8. The van der Waals surface area contributed by atoms with Crippen molar-refractivity contribution in [3.8, 4) is 6.07 Å². The quantitative estimate of drug-likeness (QED) is 0.341. The highest BCUT2D eigenvalue weighted by Gasteiger charge is 2.41. The van der Waals surface area contributed by atoms with Crippen LogP contribution in [0.4, 0.5) is 18.9 Å². The summed E-state index contributed by atoms with van der Waals surface area (Å²) in [5.74, 6) is -1.07. The first-order valence-corrected chi connectivity index (χ1v) is 11.4. The zero-order chi connectivity index (χ0) is 24.9. The number of benzene rings is 2. The van der Waals surface area contributed by atoms with E-state index in [-0.39, 0.29) is 23.6 Å². The van der Waals surface area contributed by atoms with Gasteiger partial charge in [-0.05, 0) is 42.2 Å². The van der Waals surface area contributed by atoms with Gasteiger partial charge in [0, 0.05) is 12.2 Å². The van der Waals surface area contributed by atoms with Crippen LogP contribution in [0.2, 0.25) is 0 Å². The molecule has 2 amide bonds. The summed E-state index contributed by atoms with van der Waals surface area (Å²) >= 11 is 1.000. The lowest BCUT2D eigenvalue weighted by Gasteiger charge is -2.19. The van der Waals surface area contributed by atoms with Gasteiger partial charge in [0.25, 0.3) is 5.91 Å². The standard InChI is InChI=1S/C25H22F3N3O2S/c1-3-12-30-22(32)20(15-29)24-31(19-10-8-16(4-2)9-11-19)23(33)21(34-24)14-17-6-5-7-18(13-17)25(26,27)28/h3,5-11,13,21H,1,4,12,14H2,2H3,(H,30,32)/b24-20-. The number of rotatable bonds is 7. The van der Waals surface area contributed by atoms with Gasteiger partial charge in [0.2, 0.25) is 5.91 Å². The number of alkyl halides is 3. The van der Waals surface area contributed by atoms with Crippen molar-refractivity contribution in [3.05, 3.63) is 88.5 Å². The van der Waals surface area contributed by atoms with Gasteiger partial charge in [-0.15, -0.1) is 6.58 Å². The van der Waals surface area contributed by atoms with Crippen molar-refractivity contribution in [1.82, 2.24) is 5.32 Å². The number of nitrogens with one attached hydrogen (secondary N) is 1. The van der Waals surface area contributed by atoms with Gasteiger partial charge in [-0.3, -0.25) is 14.5 Å². The van der Waals surface area contributed by atoms with Gasteiger partial charge in [0.1, 0.15) is 16.7 Å². The average Bonchev–Trinajstić information content (AvgIpc) is 3.13. The summed E-state index contributed by atoms with van der Waals surface area (Å²) in [5.41, 5.74) is 0.799. The van der Waals surface area contributed by atoms with Gasteiger partial charge in [-0.1, -0.05) is 55.1 Å². The van der Waals surface area contributed by atoms with Crippen LogP contribution in [0.15, 0.2) is 71.8 Å². The highest BCUT2D eigenvalue weighted by atomic mass is 32.2. The third-order valence-electron chi connectivity index (χ3n) is 5.19. The van der Waals surface area contributed by atoms with E-state index in [9.17, 15) is 28.0 Å². The Bertz CT molecular complexity index is 1170. The predicted molar refractivity (Wildman–Crippen MR) is 126 cm³/mol. The van der Waals surface area contributed by atoms with Crippen molar-refractivity contribution in [1.29, 1.82) is 5.26 Å². The van der Waals surface area contributed by atoms with Crippen LogP contribution in [0.25, 0.3) is 0 Å². The summed E-state index contributed by atoms with van der Waals surface area (Å²) < 4.78 is 39.4. The van der Waals surface area contributed by atoms with Crippen LogP contribution < -0.4 is 10.2 Å². The van der Waals surface area contributed by atoms with Crippen LogP contribution in [0, 0.1) is 11.3 Å². The number of nitrogens with zero attached hydrogens (tertiary/aromatic N) is 2. The Kier molecular flexibility index (Phi) is 7.84. The molecule has 5 nitrogen and oxygen atoms in total. The fraction of sp³-hybridized carbons (Fsp3) is 0.240. The second-order valence-corrected chi connectivity index (χ2v) is 8.68. The maximum absolute atomic E-state index is 13.4. The van der Waals surface area contributed by atoms with Gasteiger partial charge in [0.05, 0.1) is 10.8 Å². The lowest BCUT2D eigenvalue weighted by atomic mass is 10.0. The fourth-order valence-electron chi connectivity index (χ4n) is 3.44. The van der Waals surface area contributed by atoms with Crippen LogP contribution in [0.3, 0.4) is 0 Å². The van der Waals surface area contributed by atoms with Crippen molar-refractivity contribution in [2.75, 3.05) is 11.4 Å². The zero-order valence-electron chi connectivity index (χ0n) is 18.4. The molecule has 0 radical (unpaired) electrons. The molecule has 0 bridgehead atoms. The van der Waals surface area contributed by atoms with Crippen molar-refractivity contribution in [2.24, 2.45) is 0 Å². The van der Waals surface area contributed by atoms with E-state index in [2.05, 4.69) is 11.9 Å². The second kappa shape index (κ2) is 10.6. The number of carbonyl (C=O) groups excluding carboxylic acids is 2. The molecule has 1 atom stereocenters. The van der Waals surface area contributed by atoms with Crippen LogP contribution in [-0.2, 0) is 28.6 Å². The molecule has 1 aliphatic heterocycles. The number of hydrogen-bond donors (Lipinski definition) is 1. The Hall–Kier alpha value is -3.51. The Morgan fingerprint density at radius 3 is 2.53 bits per heavy atom. The van der Waals surface area contributed by atoms with Crippen molar-refractivity contribution >= 4 is 29.3 Å². The minimum atomic E-state index is -4.50. The van der Waals surface area contributed by atoms with E-state index in [4.69, 9.17) is 0 Å². The molecule has 0 spiro atoms. The van der Waals surface area contributed by atoms with Gasteiger partial charge in [0.15, 0.2) is 0 Å². The molecule has 1 unspecified atom stereocenters. The molecule has 9 heteroatoms. The van der Waals surface area contributed by atoms with Crippen molar-refractivity contribution < 1.29 is 22.8 Å². The highest BCUT2D eigenvalue weighted by molar-refractivity contribution is 8.05. The number of carbonyl (C=O) groups is 2. The largest absolute Gasteiger partial charge is 0.416 e. The third kappa shape index (κ3) is 5.51. The minimum absolute atomic E-state index is 0.00739. The van der Waals surface area contributed by atoms with E-state index in [1.165, 1.54) is 23.1 Å². The van der Waals surface area contributed by atoms with Crippen LogP contribution in [0.1, 0.15) is 23.6 Å². The maximum Gasteiger partial charge on any atom is 0.416 e. The molecule has 1 saturated heterocycles. The van der Waals surface area contributed by atoms with Gasteiger partial charge < -0.3 is 5.32 Å². The lowest BCUT2D eigenvalue weighted by molar-refractivity contribution is -0.137. The lowest BCUT2D eigenvalue weighted by Crippen LogP contribution is -2.32. The highest BCUT2D eigenvalue weighted by Crippen LogP contribution is 2.42. The van der Waals surface area contributed by atoms with Crippen molar-refractivity contribution in [2.45, 2.75) is 31.2 Å². The summed E-state index contributed by atoms with van der Waals surface area (Å²) in [6.45, 7) is 5.65. The molecular formula is C25H22F3N3O2S. The number of amides is 2. The number of thioether (sulfide) groups is 1. The fourth-order valence-corrected chi connectivity index (χ4v) is 4.75. The average molecular weight is 486 g/mol. The normalized spacial score (nSPS) is 17.3. The van der Waals surface area contributed by atoms with E-state index in [0.29, 0.717) is 11.3 Å². The summed E-state index contributed by atoms with van der Waals surface area (Å²) in [5, 5.41) is 11.6. The monoisotopic (exact) mass is 485 g/mol. The Balaban J connectivity index is 2.02. The second-order valence-electron chi connectivity index (χ2n) is 7.49. The predicted octanol–water partition coefficient (Wildman–Crippen LogP) is 5.00. The number of anilines is 1. The molecule has 1 fully saturated rings. The summed E-state index contributed by atoms with van der Waals surface area (Å²) in [7, 11) is 0. The first-order valence-electron chi connectivity index (χ1n) is 10.5. The van der Waals surface area contributed by atoms with E-state index < -0.39 is 28.8 Å². The Morgan fingerprint density at radius 2 is 1.94 bits per heavy atom. The molecule has 3 rings (SSSR count). The molecule has 1 heterocycles. The van der Waals surface area contributed by atoms with Gasteiger partial charge >= 0.3 is 6.18 Å².